The maximum atomic E-state index is 11.1. The number of likely N-dealkylation sites (N-methyl/N-ethyl adjacent to an activating group) is 1. The van der Waals surface area contributed by atoms with Crippen LogP contribution in [-0.4, -0.2) is 59.0 Å². The Hall–Kier alpha value is -3.06. The summed E-state index contributed by atoms with van der Waals surface area (Å²) in [7, 11) is 2.14. The molecule has 0 unspecified atom stereocenters. The SMILES string of the molecule is CC(=O)Nc1ccc(-c2ccc3ncc(N4CCN(C)CC4)nc3c2)cn1. The monoisotopic (exact) mass is 362 g/mol. The van der Waals surface area contributed by atoms with Crippen molar-refractivity contribution in [2.45, 2.75) is 6.92 Å². The van der Waals surface area contributed by atoms with Gasteiger partial charge in [-0.05, 0) is 36.9 Å². The molecule has 1 amide bonds. The third-order valence-corrected chi connectivity index (χ3v) is 4.76. The maximum absolute atomic E-state index is 11.1. The van der Waals surface area contributed by atoms with Crippen LogP contribution in [-0.2, 0) is 4.79 Å². The Morgan fingerprint density at radius 3 is 2.44 bits per heavy atom. The number of amides is 1. The zero-order valence-electron chi connectivity index (χ0n) is 15.5. The number of aromatic nitrogens is 3. The summed E-state index contributed by atoms with van der Waals surface area (Å²) in [5, 5.41) is 2.68. The minimum Gasteiger partial charge on any atom is -0.353 e. The van der Waals surface area contributed by atoms with Crippen molar-refractivity contribution in [3.05, 3.63) is 42.7 Å². The van der Waals surface area contributed by atoms with Crippen LogP contribution in [0.2, 0.25) is 0 Å². The Morgan fingerprint density at radius 1 is 0.963 bits per heavy atom. The van der Waals surface area contributed by atoms with Crippen molar-refractivity contribution in [1.82, 2.24) is 19.9 Å². The molecule has 0 bridgehead atoms. The highest BCUT2D eigenvalue weighted by molar-refractivity contribution is 5.88. The highest BCUT2D eigenvalue weighted by Gasteiger charge is 2.16. The van der Waals surface area contributed by atoms with E-state index in [0.717, 1.165) is 54.2 Å². The molecule has 1 aliphatic rings. The minimum absolute atomic E-state index is 0.132. The maximum Gasteiger partial charge on any atom is 0.222 e. The number of pyridine rings is 1. The molecule has 1 fully saturated rings. The molecule has 0 spiro atoms. The topological polar surface area (TPSA) is 74.2 Å². The van der Waals surface area contributed by atoms with Crippen molar-refractivity contribution in [3.63, 3.8) is 0 Å². The predicted molar refractivity (Wildman–Crippen MR) is 107 cm³/mol. The first-order chi connectivity index (χ1) is 13.1. The van der Waals surface area contributed by atoms with Gasteiger partial charge in [0.1, 0.15) is 11.6 Å². The van der Waals surface area contributed by atoms with E-state index in [0.29, 0.717) is 5.82 Å². The van der Waals surface area contributed by atoms with Crippen molar-refractivity contribution in [3.8, 4) is 11.1 Å². The van der Waals surface area contributed by atoms with Gasteiger partial charge in [-0.1, -0.05) is 6.07 Å². The van der Waals surface area contributed by atoms with E-state index >= 15 is 0 Å². The van der Waals surface area contributed by atoms with E-state index in [9.17, 15) is 4.79 Å². The standard InChI is InChI=1S/C20H22N6O/c1-14(27)23-19-6-4-16(12-22-19)15-3-5-17-18(11-15)24-20(13-21-17)26-9-7-25(2)8-10-26/h3-6,11-13H,7-10H2,1-2H3,(H,22,23,27). The molecule has 0 atom stereocenters. The summed E-state index contributed by atoms with van der Waals surface area (Å²) in [4.78, 5) is 29.4. The van der Waals surface area contributed by atoms with Gasteiger partial charge in [0.2, 0.25) is 5.91 Å². The first-order valence-corrected chi connectivity index (χ1v) is 9.03. The molecule has 3 aromatic rings. The smallest absolute Gasteiger partial charge is 0.222 e. The Kier molecular flexibility index (Phi) is 4.68. The van der Waals surface area contributed by atoms with Gasteiger partial charge in [-0.25, -0.2) is 9.97 Å². The van der Waals surface area contributed by atoms with Gasteiger partial charge in [-0.3, -0.25) is 9.78 Å². The molecular weight excluding hydrogens is 340 g/mol. The number of nitrogens with one attached hydrogen (secondary N) is 1. The fourth-order valence-electron chi connectivity index (χ4n) is 3.19. The van der Waals surface area contributed by atoms with Gasteiger partial charge < -0.3 is 15.1 Å². The lowest BCUT2D eigenvalue weighted by atomic mass is 10.1. The van der Waals surface area contributed by atoms with Gasteiger partial charge in [-0.15, -0.1) is 0 Å². The van der Waals surface area contributed by atoms with E-state index < -0.39 is 0 Å². The molecule has 0 radical (unpaired) electrons. The van der Waals surface area contributed by atoms with Crippen LogP contribution in [0.15, 0.2) is 42.7 Å². The van der Waals surface area contributed by atoms with E-state index in [1.54, 1.807) is 12.3 Å². The van der Waals surface area contributed by atoms with Crippen LogP contribution in [0.3, 0.4) is 0 Å². The zero-order valence-corrected chi connectivity index (χ0v) is 15.5. The molecule has 1 saturated heterocycles. The zero-order chi connectivity index (χ0) is 18.8. The molecule has 7 heteroatoms. The number of piperazine rings is 1. The van der Waals surface area contributed by atoms with Crippen LogP contribution in [0.25, 0.3) is 22.2 Å². The fourth-order valence-corrected chi connectivity index (χ4v) is 3.19. The Balaban J connectivity index is 1.61. The van der Waals surface area contributed by atoms with Gasteiger partial charge in [0, 0.05) is 44.9 Å². The molecule has 1 aromatic carbocycles. The number of nitrogens with zero attached hydrogens (tertiary/aromatic N) is 5. The van der Waals surface area contributed by atoms with Gasteiger partial charge in [0.25, 0.3) is 0 Å². The summed E-state index contributed by atoms with van der Waals surface area (Å²) in [6.45, 7) is 5.46. The quantitative estimate of drug-likeness (QED) is 0.771. The van der Waals surface area contributed by atoms with Crippen LogP contribution >= 0.6 is 0 Å². The number of benzene rings is 1. The summed E-state index contributed by atoms with van der Waals surface area (Å²) in [5.41, 5.74) is 3.74. The lowest BCUT2D eigenvalue weighted by Crippen LogP contribution is -2.44. The molecule has 27 heavy (non-hydrogen) atoms. The lowest BCUT2D eigenvalue weighted by Gasteiger charge is -2.33. The van der Waals surface area contributed by atoms with Crippen molar-refractivity contribution in [2.75, 3.05) is 43.4 Å². The molecule has 0 aliphatic carbocycles. The average molecular weight is 362 g/mol. The summed E-state index contributed by atoms with van der Waals surface area (Å²) in [6, 6.07) is 9.77. The van der Waals surface area contributed by atoms with Crippen LogP contribution in [0.1, 0.15) is 6.92 Å². The van der Waals surface area contributed by atoms with Crippen LogP contribution in [0.4, 0.5) is 11.6 Å². The molecule has 1 aliphatic heterocycles. The summed E-state index contributed by atoms with van der Waals surface area (Å²) >= 11 is 0. The molecule has 0 saturated carbocycles. The van der Waals surface area contributed by atoms with Crippen LogP contribution in [0, 0.1) is 0 Å². The number of fused-ring (bicyclic) bond motifs is 1. The van der Waals surface area contributed by atoms with Gasteiger partial charge in [0.15, 0.2) is 0 Å². The van der Waals surface area contributed by atoms with Gasteiger partial charge >= 0.3 is 0 Å². The van der Waals surface area contributed by atoms with E-state index in [4.69, 9.17) is 4.98 Å². The number of carbonyl (C=O) groups excluding carboxylic acids is 1. The van der Waals surface area contributed by atoms with E-state index in [1.165, 1.54) is 6.92 Å². The Morgan fingerprint density at radius 2 is 1.74 bits per heavy atom. The van der Waals surface area contributed by atoms with E-state index in [2.05, 4.69) is 32.1 Å². The van der Waals surface area contributed by atoms with Crippen molar-refractivity contribution in [1.29, 1.82) is 0 Å². The third-order valence-electron chi connectivity index (χ3n) is 4.76. The molecule has 2 aromatic heterocycles. The molecule has 4 rings (SSSR count). The molecule has 7 nitrogen and oxygen atoms in total. The normalized spacial score (nSPS) is 15.1. The first-order valence-electron chi connectivity index (χ1n) is 9.03. The summed E-state index contributed by atoms with van der Waals surface area (Å²) in [5.74, 6) is 1.34. The molecule has 138 valence electrons. The predicted octanol–water partition coefficient (Wildman–Crippen LogP) is 2.40. The second-order valence-electron chi connectivity index (χ2n) is 6.84. The van der Waals surface area contributed by atoms with Crippen molar-refractivity contribution in [2.24, 2.45) is 0 Å². The number of rotatable bonds is 3. The van der Waals surface area contributed by atoms with Crippen molar-refractivity contribution >= 4 is 28.6 Å². The summed E-state index contributed by atoms with van der Waals surface area (Å²) < 4.78 is 0. The van der Waals surface area contributed by atoms with Crippen molar-refractivity contribution < 1.29 is 4.79 Å². The van der Waals surface area contributed by atoms with Crippen LogP contribution in [0.5, 0.6) is 0 Å². The number of hydrogen-bond donors (Lipinski definition) is 1. The fraction of sp³-hybridized carbons (Fsp3) is 0.300. The number of carbonyl (C=O) groups is 1. The molecular formula is C20H22N6O. The minimum atomic E-state index is -0.132. The summed E-state index contributed by atoms with van der Waals surface area (Å²) in [6.07, 6.45) is 3.61. The molecule has 3 heterocycles. The van der Waals surface area contributed by atoms with Crippen LogP contribution < -0.4 is 10.2 Å². The molecule has 1 N–H and O–H groups in total. The second-order valence-corrected chi connectivity index (χ2v) is 6.84. The second kappa shape index (κ2) is 7.28. The number of hydrogen-bond acceptors (Lipinski definition) is 6. The Labute approximate surface area is 158 Å². The average Bonchev–Trinajstić information content (AvgIpc) is 2.68. The lowest BCUT2D eigenvalue weighted by molar-refractivity contribution is -0.114. The highest BCUT2D eigenvalue weighted by atomic mass is 16.1. The van der Waals surface area contributed by atoms with Gasteiger partial charge in [-0.2, -0.15) is 0 Å². The first kappa shape index (κ1) is 17.4. The van der Waals surface area contributed by atoms with E-state index in [1.807, 2.05) is 30.5 Å². The van der Waals surface area contributed by atoms with E-state index in [-0.39, 0.29) is 5.91 Å². The van der Waals surface area contributed by atoms with Gasteiger partial charge in [0.05, 0.1) is 17.2 Å². The Bertz CT molecular complexity index is 964. The third kappa shape index (κ3) is 3.88. The largest absolute Gasteiger partial charge is 0.353 e. The number of anilines is 2. The highest BCUT2D eigenvalue weighted by Crippen LogP contribution is 2.24.